The minimum Gasteiger partial charge on any atom is -0.481 e. The summed E-state index contributed by atoms with van der Waals surface area (Å²) in [7, 11) is 1.60. The van der Waals surface area contributed by atoms with E-state index in [0.29, 0.717) is 5.88 Å². The van der Waals surface area contributed by atoms with Crippen molar-refractivity contribution in [2.75, 3.05) is 7.11 Å². The van der Waals surface area contributed by atoms with E-state index in [4.69, 9.17) is 10.5 Å². The molecule has 0 amide bonds. The molecule has 2 aromatic rings. The fourth-order valence-electron chi connectivity index (χ4n) is 1.82. The molecule has 2 aromatic heterocycles. The summed E-state index contributed by atoms with van der Waals surface area (Å²) in [6, 6.07) is 1.80. The predicted octanol–water partition coefficient (Wildman–Crippen LogP) is 1.48. The van der Waals surface area contributed by atoms with Gasteiger partial charge in [-0.1, -0.05) is 0 Å². The van der Waals surface area contributed by atoms with Gasteiger partial charge in [-0.15, -0.1) is 0 Å². The summed E-state index contributed by atoms with van der Waals surface area (Å²) in [6.45, 7) is 4.83. The third kappa shape index (κ3) is 1.63. The fourth-order valence-corrected chi connectivity index (χ4v) is 1.82. The lowest BCUT2D eigenvalue weighted by molar-refractivity contribution is 0.398. The third-order valence-corrected chi connectivity index (χ3v) is 2.57. The molecule has 0 saturated carbocycles. The summed E-state index contributed by atoms with van der Waals surface area (Å²) in [4.78, 5) is 8.61. The molecule has 86 valence electrons. The number of pyridine rings is 1. The minimum atomic E-state index is -0.0849. The van der Waals surface area contributed by atoms with E-state index < -0.39 is 0 Å². The van der Waals surface area contributed by atoms with Crippen molar-refractivity contribution in [3.63, 3.8) is 0 Å². The number of aromatic nitrogens is 3. The molecule has 0 fully saturated rings. The summed E-state index contributed by atoms with van der Waals surface area (Å²) >= 11 is 0. The molecule has 0 aliphatic rings. The lowest BCUT2D eigenvalue weighted by Gasteiger charge is -2.08. The van der Waals surface area contributed by atoms with Crippen LogP contribution in [-0.2, 0) is 6.54 Å². The Morgan fingerprint density at radius 3 is 2.88 bits per heavy atom. The van der Waals surface area contributed by atoms with Crippen LogP contribution in [0, 0.1) is 0 Å². The number of nitrogens with zero attached hydrogens (tertiary/aromatic N) is 3. The van der Waals surface area contributed by atoms with Crippen LogP contribution in [0.4, 0.5) is 0 Å². The van der Waals surface area contributed by atoms with Gasteiger partial charge in [0.1, 0.15) is 11.3 Å². The molecular formula is C11H16N4O. The van der Waals surface area contributed by atoms with Gasteiger partial charge < -0.3 is 15.0 Å². The second kappa shape index (κ2) is 4.09. The Morgan fingerprint density at radius 2 is 2.31 bits per heavy atom. The molecule has 1 atom stereocenters. The van der Waals surface area contributed by atoms with E-state index in [1.54, 1.807) is 13.3 Å². The smallest absolute Gasteiger partial charge is 0.215 e. The Bertz CT molecular complexity index is 504. The summed E-state index contributed by atoms with van der Waals surface area (Å²) in [5.41, 5.74) is 7.76. The summed E-state index contributed by atoms with van der Waals surface area (Å²) in [6.07, 6.45) is 1.71. The first-order valence-electron chi connectivity index (χ1n) is 5.33. The van der Waals surface area contributed by atoms with Crippen LogP contribution in [0.25, 0.3) is 11.0 Å². The molecule has 5 nitrogen and oxygen atoms in total. The number of hydrogen-bond donors (Lipinski definition) is 1. The Hall–Kier alpha value is -1.62. The van der Waals surface area contributed by atoms with Gasteiger partial charge in [0.25, 0.3) is 0 Å². The van der Waals surface area contributed by atoms with E-state index in [1.165, 1.54) is 0 Å². The van der Waals surface area contributed by atoms with Crippen LogP contribution < -0.4 is 10.5 Å². The van der Waals surface area contributed by atoms with Crippen molar-refractivity contribution in [1.29, 1.82) is 0 Å². The van der Waals surface area contributed by atoms with Crippen molar-refractivity contribution in [3.8, 4) is 5.88 Å². The highest BCUT2D eigenvalue weighted by atomic mass is 16.5. The zero-order valence-corrected chi connectivity index (χ0v) is 9.77. The number of fused-ring (bicyclic) bond motifs is 1. The summed E-state index contributed by atoms with van der Waals surface area (Å²) in [5, 5.41) is 0. The lowest BCUT2D eigenvalue weighted by atomic mass is 10.3. The number of methoxy groups -OCH3 is 1. The predicted molar refractivity (Wildman–Crippen MR) is 62.4 cm³/mol. The zero-order valence-electron chi connectivity index (χ0n) is 9.77. The average Bonchev–Trinajstić information content (AvgIpc) is 2.66. The lowest BCUT2D eigenvalue weighted by Crippen LogP contribution is -2.12. The van der Waals surface area contributed by atoms with E-state index >= 15 is 0 Å². The van der Waals surface area contributed by atoms with Crippen molar-refractivity contribution < 1.29 is 4.74 Å². The van der Waals surface area contributed by atoms with E-state index in [9.17, 15) is 0 Å². The fraction of sp³-hybridized carbons (Fsp3) is 0.455. The van der Waals surface area contributed by atoms with Crippen molar-refractivity contribution >= 4 is 11.0 Å². The third-order valence-electron chi connectivity index (χ3n) is 2.57. The van der Waals surface area contributed by atoms with Crippen LogP contribution >= 0.6 is 0 Å². The average molecular weight is 220 g/mol. The van der Waals surface area contributed by atoms with Crippen LogP contribution in [0.3, 0.4) is 0 Å². The second-order valence-electron chi connectivity index (χ2n) is 3.72. The number of aryl methyl sites for hydroxylation is 1. The summed E-state index contributed by atoms with van der Waals surface area (Å²) in [5.74, 6) is 1.48. The Balaban J connectivity index is 2.68. The van der Waals surface area contributed by atoms with E-state index in [0.717, 1.165) is 23.4 Å². The van der Waals surface area contributed by atoms with Gasteiger partial charge in [0.2, 0.25) is 5.88 Å². The number of imidazole rings is 1. The highest BCUT2D eigenvalue weighted by molar-refractivity contribution is 5.76. The number of rotatable bonds is 3. The van der Waals surface area contributed by atoms with Crippen molar-refractivity contribution in [2.45, 2.75) is 26.4 Å². The number of nitrogens with two attached hydrogens (primary N) is 1. The van der Waals surface area contributed by atoms with Gasteiger partial charge in [0, 0.05) is 12.6 Å². The quantitative estimate of drug-likeness (QED) is 0.850. The second-order valence-corrected chi connectivity index (χ2v) is 3.72. The maximum absolute atomic E-state index is 5.89. The molecule has 0 unspecified atom stereocenters. The maximum atomic E-state index is 5.89. The topological polar surface area (TPSA) is 66.0 Å². The zero-order chi connectivity index (χ0) is 11.7. The van der Waals surface area contributed by atoms with Crippen molar-refractivity contribution in [2.24, 2.45) is 5.73 Å². The molecule has 0 saturated heterocycles. The number of ether oxygens (including phenoxy) is 1. The molecule has 16 heavy (non-hydrogen) atoms. The molecule has 5 heteroatoms. The van der Waals surface area contributed by atoms with Gasteiger partial charge in [0.15, 0.2) is 0 Å². The minimum absolute atomic E-state index is 0.0849. The van der Waals surface area contributed by atoms with Gasteiger partial charge in [-0.25, -0.2) is 9.97 Å². The first-order chi connectivity index (χ1) is 7.67. The van der Waals surface area contributed by atoms with Crippen LogP contribution in [-0.4, -0.2) is 21.6 Å². The van der Waals surface area contributed by atoms with E-state index in [1.807, 2.05) is 13.0 Å². The first-order valence-corrected chi connectivity index (χ1v) is 5.33. The van der Waals surface area contributed by atoms with Crippen molar-refractivity contribution in [3.05, 3.63) is 18.1 Å². The maximum Gasteiger partial charge on any atom is 0.215 e. The van der Waals surface area contributed by atoms with Crippen LogP contribution in [0.15, 0.2) is 12.3 Å². The largest absolute Gasteiger partial charge is 0.481 e. The van der Waals surface area contributed by atoms with Gasteiger partial charge in [-0.2, -0.15) is 0 Å². The monoisotopic (exact) mass is 220 g/mol. The molecular weight excluding hydrogens is 204 g/mol. The van der Waals surface area contributed by atoms with E-state index in [2.05, 4.69) is 21.5 Å². The Labute approximate surface area is 94.2 Å². The molecule has 0 aromatic carbocycles. The van der Waals surface area contributed by atoms with Gasteiger partial charge >= 0.3 is 0 Å². The van der Waals surface area contributed by atoms with Crippen LogP contribution in [0.2, 0.25) is 0 Å². The molecule has 0 spiro atoms. The molecule has 2 heterocycles. The first kappa shape index (κ1) is 10.9. The molecule has 0 aliphatic carbocycles. The van der Waals surface area contributed by atoms with Gasteiger partial charge in [0.05, 0.1) is 24.9 Å². The highest BCUT2D eigenvalue weighted by Gasteiger charge is 2.13. The molecule has 2 rings (SSSR count). The van der Waals surface area contributed by atoms with Crippen LogP contribution in [0.1, 0.15) is 25.7 Å². The Kier molecular flexibility index (Phi) is 2.78. The number of hydrogen-bond acceptors (Lipinski definition) is 4. The van der Waals surface area contributed by atoms with Gasteiger partial charge in [-0.05, 0) is 13.8 Å². The van der Waals surface area contributed by atoms with E-state index in [-0.39, 0.29) is 6.04 Å². The molecule has 0 radical (unpaired) electrons. The standard InChI is InChI=1S/C11H16N4O/c1-4-15-9-5-10(16-3)13-6-8(9)14-11(15)7(2)12/h5-7H,4,12H2,1-3H3/t7-/m1/s1. The normalized spacial score (nSPS) is 13.0. The SMILES string of the molecule is CCn1c([C@@H](C)N)nc2cnc(OC)cc21. The molecule has 0 bridgehead atoms. The molecule has 2 N–H and O–H groups in total. The van der Waals surface area contributed by atoms with Crippen LogP contribution in [0.5, 0.6) is 5.88 Å². The Morgan fingerprint density at radius 1 is 1.56 bits per heavy atom. The summed E-state index contributed by atoms with van der Waals surface area (Å²) < 4.78 is 7.20. The van der Waals surface area contributed by atoms with Crippen molar-refractivity contribution in [1.82, 2.24) is 14.5 Å². The highest BCUT2D eigenvalue weighted by Crippen LogP contribution is 2.21. The van der Waals surface area contributed by atoms with Gasteiger partial charge in [-0.3, -0.25) is 0 Å². The molecule has 0 aliphatic heterocycles.